The van der Waals surface area contributed by atoms with Crippen LogP contribution in [0.25, 0.3) is 17.4 Å². The highest BCUT2D eigenvalue weighted by Gasteiger charge is 2.29. The molecule has 0 aliphatic carbocycles. The summed E-state index contributed by atoms with van der Waals surface area (Å²) in [5.74, 6) is -0.920. The SMILES string of the molecule is CC1=NN(c2cccc(C(=O)O)c2)C(=O)/C1=C\c1ccc(-c2ccc(C)cc2[N+](=O)[O-])o1. The largest absolute Gasteiger partial charge is 0.478 e. The number of nitrogens with zero attached hydrogens (tertiary/aromatic N) is 3. The predicted octanol–water partition coefficient (Wildman–Crippen LogP) is 4.67. The number of carbonyl (C=O) groups is 2. The topological polar surface area (TPSA) is 126 Å². The van der Waals surface area contributed by atoms with Crippen molar-refractivity contribution in [3.8, 4) is 11.3 Å². The first-order valence-corrected chi connectivity index (χ1v) is 9.55. The van der Waals surface area contributed by atoms with Gasteiger partial charge in [0.1, 0.15) is 11.5 Å². The van der Waals surface area contributed by atoms with Gasteiger partial charge in [-0.05, 0) is 61.9 Å². The van der Waals surface area contributed by atoms with Crippen molar-refractivity contribution in [1.82, 2.24) is 0 Å². The zero-order valence-electron chi connectivity index (χ0n) is 17.1. The van der Waals surface area contributed by atoms with Gasteiger partial charge in [0.05, 0.1) is 33.0 Å². The molecule has 2 aromatic carbocycles. The number of carboxylic acid groups (broad SMARTS) is 1. The van der Waals surface area contributed by atoms with Crippen LogP contribution in [0.3, 0.4) is 0 Å². The van der Waals surface area contributed by atoms with Crippen LogP contribution in [0.5, 0.6) is 0 Å². The molecule has 160 valence electrons. The number of nitro groups is 1. The van der Waals surface area contributed by atoms with Crippen molar-refractivity contribution in [3.63, 3.8) is 0 Å². The molecule has 32 heavy (non-hydrogen) atoms. The van der Waals surface area contributed by atoms with E-state index in [-0.39, 0.29) is 16.8 Å². The monoisotopic (exact) mass is 431 g/mol. The fraction of sp³-hybridized carbons (Fsp3) is 0.0870. The lowest BCUT2D eigenvalue weighted by Crippen LogP contribution is -2.21. The second kappa shape index (κ2) is 7.95. The number of hydrazone groups is 1. The number of carboxylic acids is 1. The van der Waals surface area contributed by atoms with Gasteiger partial charge >= 0.3 is 5.97 Å². The number of hydrogen-bond donors (Lipinski definition) is 1. The van der Waals surface area contributed by atoms with Crippen molar-refractivity contribution in [1.29, 1.82) is 0 Å². The molecule has 2 heterocycles. The Hall–Kier alpha value is -4.53. The number of anilines is 1. The van der Waals surface area contributed by atoms with Gasteiger partial charge in [-0.3, -0.25) is 14.9 Å². The highest BCUT2D eigenvalue weighted by atomic mass is 16.6. The van der Waals surface area contributed by atoms with E-state index < -0.39 is 16.8 Å². The van der Waals surface area contributed by atoms with E-state index >= 15 is 0 Å². The van der Waals surface area contributed by atoms with Gasteiger partial charge in [0.2, 0.25) is 0 Å². The Kier molecular flexibility index (Phi) is 5.15. The maximum atomic E-state index is 12.9. The first-order chi connectivity index (χ1) is 15.2. The molecular formula is C23H17N3O6. The van der Waals surface area contributed by atoms with Gasteiger partial charge in [0, 0.05) is 6.07 Å². The smallest absolute Gasteiger partial charge is 0.335 e. The number of amides is 1. The Morgan fingerprint density at radius 2 is 1.94 bits per heavy atom. The fourth-order valence-electron chi connectivity index (χ4n) is 3.35. The molecule has 1 N–H and O–H groups in total. The first-order valence-electron chi connectivity index (χ1n) is 9.55. The van der Waals surface area contributed by atoms with E-state index in [2.05, 4.69) is 5.10 Å². The molecule has 9 nitrogen and oxygen atoms in total. The molecule has 3 aromatic rings. The number of rotatable bonds is 5. The molecule has 0 saturated carbocycles. The summed E-state index contributed by atoms with van der Waals surface area (Å²) >= 11 is 0. The van der Waals surface area contributed by atoms with Crippen LogP contribution in [0.1, 0.15) is 28.6 Å². The molecule has 0 bridgehead atoms. The summed E-state index contributed by atoms with van der Waals surface area (Å²) in [6.45, 7) is 3.42. The summed E-state index contributed by atoms with van der Waals surface area (Å²) in [4.78, 5) is 35.1. The average molecular weight is 431 g/mol. The average Bonchev–Trinajstić information content (AvgIpc) is 3.34. The Morgan fingerprint density at radius 3 is 2.66 bits per heavy atom. The Labute approximate surface area is 182 Å². The van der Waals surface area contributed by atoms with Crippen LogP contribution in [0.2, 0.25) is 0 Å². The molecule has 0 spiro atoms. The zero-order chi connectivity index (χ0) is 23.0. The van der Waals surface area contributed by atoms with Gasteiger partial charge in [-0.1, -0.05) is 12.1 Å². The lowest BCUT2D eigenvalue weighted by molar-refractivity contribution is -0.384. The lowest BCUT2D eigenvalue weighted by atomic mass is 10.1. The number of carbonyl (C=O) groups excluding carboxylic acids is 1. The summed E-state index contributed by atoms with van der Waals surface area (Å²) in [5.41, 5.74) is 2.08. The van der Waals surface area contributed by atoms with Crippen molar-refractivity contribution in [2.45, 2.75) is 13.8 Å². The van der Waals surface area contributed by atoms with E-state index in [9.17, 15) is 24.8 Å². The zero-order valence-corrected chi connectivity index (χ0v) is 17.1. The second-order valence-electron chi connectivity index (χ2n) is 7.20. The number of nitro benzene ring substituents is 1. The van der Waals surface area contributed by atoms with Crippen molar-refractivity contribution < 1.29 is 24.0 Å². The molecule has 4 rings (SSSR count). The molecule has 1 aliphatic heterocycles. The molecule has 9 heteroatoms. The molecule has 0 saturated heterocycles. The molecule has 0 unspecified atom stereocenters. The number of aromatic carboxylic acids is 1. The maximum absolute atomic E-state index is 12.9. The molecule has 1 aliphatic rings. The van der Waals surface area contributed by atoms with Crippen LogP contribution in [0.15, 0.2) is 69.7 Å². The van der Waals surface area contributed by atoms with Crippen LogP contribution >= 0.6 is 0 Å². The molecular weight excluding hydrogens is 414 g/mol. The fourth-order valence-corrected chi connectivity index (χ4v) is 3.35. The van der Waals surface area contributed by atoms with E-state index in [0.717, 1.165) is 10.6 Å². The van der Waals surface area contributed by atoms with Crippen molar-refractivity contribution >= 4 is 35.0 Å². The van der Waals surface area contributed by atoms with Gasteiger partial charge in [0.15, 0.2) is 0 Å². The van der Waals surface area contributed by atoms with Crippen LogP contribution in [0, 0.1) is 17.0 Å². The van der Waals surface area contributed by atoms with Crippen LogP contribution < -0.4 is 5.01 Å². The third kappa shape index (κ3) is 3.79. The van der Waals surface area contributed by atoms with Gasteiger partial charge in [-0.15, -0.1) is 0 Å². The molecule has 1 amide bonds. The third-order valence-electron chi connectivity index (χ3n) is 4.93. The van der Waals surface area contributed by atoms with E-state index in [1.54, 1.807) is 44.2 Å². The summed E-state index contributed by atoms with van der Waals surface area (Å²) in [6.07, 6.45) is 1.51. The quantitative estimate of drug-likeness (QED) is 0.355. The van der Waals surface area contributed by atoms with Crippen molar-refractivity contribution in [3.05, 3.63) is 87.2 Å². The second-order valence-corrected chi connectivity index (χ2v) is 7.20. The van der Waals surface area contributed by atoms with Crippen molar-refractivity contribution in [2.24, 2.45) is 5.10 Å². The number of benzene rings is 2. The minimum atomic E-state index is -1.11. The van der Waals surface area contributed by atoms with Gasteiger partial charge < -0.3 is 9.52 Å². The van der Waals surface area contributed by atoms with E-state index in [1.807, 2.05) is 0 Å². The Morgan fingerprint density at radius 1 is 1.16 bits per heavy atom. The molecule has 0 radical (unpaired) electrons. The number of aryl methyl sites for hydroxylation is 1. The molecule has 1 aromatic heterocycles. The number of furan rings is 1. The van der Waals surface area contributed by atoms with Gasteiger partial charge in [-0.2, -0.15) is 10.1 Å². The highest BCUT2D eigenvalue weighted by molar-refractivity contribution is 6.32. The molecule has 0 atom stereocenters. The van der Waals surface area contributed by atoms with Gasteiger partial charge in [-0.25, -0.2) is 4.79 Å². The lowest BCUT2D eigenvalue weighted by Gasteiger charge is -2.12. The minimum Gasteiger partial charge on any atom is -0.478 e. The van der Waals surface area contributed by atoms with Crippen LogP contribution in [0.4, 0.5) is 11.4 Å². The summed E-state index contributed by atoms with van der Waals surface area (Å²) in [7, 11) is 0. The van der Waals surface area contributed by atoms with Crippen LogP contribution in [-0.4, -0.2) is 27.6 Å². The predicted molar refractivity (Wildman–Crippen MR) is 118 cm³/mol. The first kappa shape index (κ1) is 20.7. The minimum absolute atomic E-state index is 0.0379. The summed E-state index contributed by atoms with van der Waals surface area (Å²) in [5, 5.41) is 25.9. The Balaban J connectivity index is 1.65. The van der Waals surface area contributed by atoms with Gasteiger partial charge in [0.25, 0.3) is 11.6 Å². The Bertz CT molecular complexity index is 1340. The maximum Gasteiger partial charge on any atom is 0.335 e. The number of hydrogen-bond acceptors (Lipinski definition) is 6. The third-order valence-corrected chi connectivity index (χ3v) is 4.93. The normalized spacial score (nSPS) is 14.7. The summed E-state index contributed by atoms with van der Waals surface area (Å²) in [6, 6.07) is 14.0. The standard InChI is InChI=1S/C23H17N3O6/c1-13-6-8-18(20(10-13)26(30)31)21-9-7-17(32-21)12-19-14(2)24-25(22(19)27)16-5-3-4-15(11-16)23(28)29/h3-12H,1-2H3,(H,28,29)/b19-12-. The highest BCUT2D eigenvalue weighted by Crippen LogP contribution is 2.33. The van der Waals surface area contributed by atoms with Crippen molar-refractivity contribution in [2.75, 3.05) is 5.01 Å². The van der Waals surface area contributed by atoms with E-state index in [4.69, 9.17) is 4.42 Å². The molecule has 0 fully saturated rings. The van der Waals surface area contributed by atoms with E-state index in [0.29, 0.717) is 28.5 Å². The summed E-state index contributed by atoms with van der Waals surface area (Å²) < 4.78 is 5.77. The van der Waals surface area contributed by atoms with E-state index in [1.165, 1.54) is 30.3 Å². The van der Waals surface area contributed by atoms with Crippen LogP contribution in [-0.2, 0) is 4.79 Å².